The smallest absolute Gasteiger partial charge is 0.254 e. The predicted octanol–water partition coefficient (Wildman–Crippen LogP) is 3.17. The number of nitrogens with zero attached hydrogens (tertiary/aromatic N) is 2. The third kappa shape index (κ3) is 5.22. The number of hydrogen-bond donors (Lipinski definition) is 1. The minimum absolute atomic E-state index is 0.0706. The Balaban J connectivity index is 1.55. The van der Waals surface area contributed by atoms with Crippen molar-refractivity contribution in [2.75, 3.05) is 33.3 Å². The number of carbonyl (C=O) groups excluding carboxylic acids is 2. The van der Waals surface area contributed by atoms with Gasteiger partial charge in [0, 0.05) is 37.3 Å². The Labute approximate surface area is 183 Å². The molecule has 1 N–H and O–H groups in total. The van der Waals surface area contributed by atoms with E-state index in [1.807, 2.05) is 38.1 Å². The Morgan fingerprint density at radius 2 is 1.74 bits per heavy atom. The highest BCUT2D eigenvalue weighted by molar-refractivity contribution is 5.94. The first-order valence-electron chi connectivity index (χ1n) is 10.5. The summed E-state index contributed by atoms with van der Waals surface area (Å²) in [7, 11) is 1.61. The van der Waals surface area contributed by atoms with Gasteiger partial charge in [0.2, 0.25) is 5.91 Å². The standard InChI is InChI=1S/C24H30FN3O3/c1-16-9-10-19(15-21(16)25)24(30)28-13-11-27(12-14-28)18(3)23(29)26-17(2)20-7-5-6-8-22(20)31-4/h5-10,15,17-18H,11-14H2,1-4H3,(H,26,29). The van der Waals surface area contributed by atoms with Crippen LogP contribution in [0.1, 0.15) is 41.4 Å². The van der Waals surface area contributed by atoms with Crippen LogP contribution in [0.2, 0.25) is 0 Å². The quantitative estimate of drug-likeness (QED) is 0.769. The van der Waals surface area contributed by atoms with Crippen LogP contribution in [0.15, 0.2) is 42.5 Å². The molecule has 0 spiro atoms. The molecule has 0 saturated carbocycles. The molecule has 1 heterocycles. The maximum atomic E-state index is 13.8. The van der Waals surface area contributed by atoms with Gasteiger partial charge in [0.05, 0.1) is 19.2 Å². The molecule has 2 aromatic carbocycles. The first-order valence-corrected chi connectivity index (χ1v) is 10.5. The van der Waals surface area contributed by atoms with Gasteiger partial charge in [-0.2, -0.15) is 0 Å². The molecule has 0 aromatic heterocycles. The zero-order valence-electron chi connectivity index (χ0n) is 18.5. The highest BCUT2D eigenvalue weighted by atomic mass is 19.1. The average Bonchev–Trinajstić information content (AvgIpc) is 2.79. The topological polar surface area (TPSA) is 61.9 Å². The molecule has 0 bridgehead atoms. The lowest BCUT2D eigenvalue weighted by Gasteiger charge is -2.37. The van der Waals surface area contributed by atoms with Gasteiger partial charge in [-0.25, -0.2) is 4.39 Å². The van der Waals surface area contributed by atoms with Crippen molar-refractivity contribution in [2.24, 2.45) is 0 Å². The van der Waals surface area contributed by atoms with E-state index in [4.69, 9.17) is 4.74 Å². The number of halogens is 1. The Kier molecular flexibility index (Phi) is 7.28. The van der Waals surface area contributed by atoms with Crippen molar-refractivity contribution in [1.29, 1.82) is 0 Å². The minimum atomic E-state index is -0.376. The molecule has 3 rings (SSSR count). The Bertz CT molecular complexity index is 941. The van der Waals surface area contributed by atoms with Crippen molar-refractivity contribution in [3.05, 3.63) is 65.0 Å². The third-order valence-corrected chi connectivity index (χ3v) is 5.91. The molecule has 1 aliphatic rings. The van der Waals surface area contributed by atoms with Crippen LogP contribution in [0.4, 0.5) is 4.39 Å². The van der Waals surface area contributed by atoms with Crippen LogP contribution in [0.25, 0.3) is 0 Å². The largest absolute Gasteiger partial charge is 0.496 e. The second-order valence-corrected chi connectivity index (χ2v) is 7.94. The third-order valence-electron chi connectivity index (χ3n) is 5.91. The van der Waals surface area contributed by atoms with Crippen molar-refractivity contribution >= 4 is 11.8 Å². The van der Waals surface area contributed by atoms with Gasteiger partial charge < -0.3 is 15.0 Å². The summed E-state index contributed by atoms with van der Waals surface area (Å²) >= 11 is 0. The Hall–Kier alpha value is -2.93. The van der Waals surface area contributed by atoms with Gasteiger partial charge in [0.25, 0.3) is 5.91 Å². The number of piperazine rings is 1. The fourth-order valence-electron chi connectivity index (χ4n) is 3.82. The van der Waals surface area contributed by atoms with Crippen LogP contribution in [-0.2, 0) is 4.79 Å². The fourth-order valence-corrected chi connectivity index (χ4v) is 3.82. The van der Waals surface area contributed by atoms with E-state index in [-0.39, 0.29) is 29.7 Å². The summed E-state index contributed by atoms with van der Waals surface area (Å²) in [5.74, 6) is 0.112. The maximum absolute atomic E-state index is 13.8. The van der Waals surface area contributed by atoms with Crippen LogP contribution in [0.3, 0.4) is 0 Å². The van der Waals surface area contributed by atoms with E-state index in [1.54, 1.807) is 31.1 Å². The van der Waals surface area contributed by atoms with Crippen molar-refractivity contribution in [1.82, 2.24) is 15.1 Å². The van der Waals surface area contributed by atoms with Crippen LogP contribution in [0, 0.1) is 12.7 Å². The van der Waals surface area contributed by atoms with E-state index in [1.165, 1.54) is 6.07 Å². The fraction of sp³-hybridized carbons (Fsp3) is 0.417. The molecule has 0 aliphatic carbocycles. The van der Waals surface area contributed by atoms with E-state index in [0.29, 0.717) is 37.3 Å². The lowest BCUT2D eigenvalue weighted by molar-refractivity contribution is -0.127. The number of amides is 2. The molecule has 31 heavy (non-hydrogen) atoms. The van der Waals surface area contributed by atoms with Gasteiger partial charge in [-0.3, -0.25) is 14.5 Å². The van der Waals surface area contributed by atoms with Crippen molar-refractivity contribution in [2.45, 2.75) is 32.9 Å². The van der Waals surface area contributed by atoms with Gasteiger partial charge in [-0.1, -0.05) is 24.3 Å². The summed E-state index contributed by atoms with van der Waals surface area (Å²) < 4.78 is 19.2. The van der Waals surface area contributed by atoms with Gasteiger partial charge in [0.1, 0.15) is 11.6 Å². The zero-order valence-corrected chi connectivity index (χ0v) is 18.5. The SMILES string of the molecule is COc1ccccc1C(C)NC(=O)C(C)N1CCN(C(=O)c2ccc(C)c(F)c2)CC1. The Morgan fingerprint density at radius 3 is 2.39 bits per heavy atom. The highest BCUT2D eigenvalue weighted by Gasteiger charge is 2.29. The van der Waals surface area contributed by atoms with E-state index in [0.717, 1.165) is 11.3 Å². The molecular weight excluding hydrogens is 397 g/mol. The molecule has 2 atom stereocenters. The van der Waals surface area contributed by atoms with Crippen LogP contribution >= 0.6 is 0 Å². The van der Waals surface area contributed by atoms with Crippen LogP contribution in [-0.4, -0.2) is 60.9 Å². The number of aryl methyl sites for hydroxylation is 1. The van der Waals surface area contributed by atoms with E-state index in [2.05, 4.69) is 10.2 Å². The normalized spacial score (nSPS) is 16.5. The summed E-state index contributed by atoms with van der Waals surface area (Å²) in [5, 5.41) is 3.06. The number of carbonyl (C=O) groups is 2. The average molecular weight is 428 g/mol. The highest BCUT2D eigenvalue weighted by Crippen LogP contribution is 2.24. The van der Waals surface area contributed by atoms with Crippen molar-refractivity contribution in [3.8, 4) is 5.75 Å². The maximum Gasteiger partial charge on any atom is 0.254 e. The van der Waals surface area contributed by atoms with Gasteiger partial charge in [0.15, 0.2) is 0 Å². The second-order valence-electron chi connectivity index (χ2n) is 7.94. The summed E-state index contributed by atoms with van der Waals surface area (Å²) in [6.45, 7) is 7.62. The molecule has 1 fully saturated rings. The Morgan fingerprint density at radius 1 is 1.06 bits per heavy atom. The number of ether oxygens (including phenoxy) is 1. The lowest BCUT2D eigenvalue weighted by Crippen LogP contribution is -2.55. The van der Waals surface area contributed by atoms with Gasteiger partial charge in [-0.15, -0.1) is 0 Å². The predicted molar refractivity (Wildman–Crippen MR) is 118 cm³/mol. The molecule has 166 valence electrons. The van der Waals surface area contributed by atoms with Crippen molar-refractivity contribution < 1.29 is 18.7 Å². The molecule has 0 radical (unpaired) electrons. The second kappa shape index (κ2) is 9.92. The van der Waals surface area contributed by atoms with Gasteiger partial charge >= 0.3 is 0 Å². The zero-order chi connectivity index (χ0) is 22.5. The van der Waals surface area contributed by atoms with Crippen molar-refractivity contribution in [3.63, 3.8) is 0 Å². The molecule has 6 nitrogen and oxygen atoms in total. The molecule has 1 saturated heterocycles. The number of methoxy groups -OCH3 is 1. The van der Waals surface area contributed by atoms with E-state index >= 15 is 0 Å². The molecule has 2 unspecified atom stereocenters. The summed E-state index contributed by atoms with van der Waals surface area (Å²) in [6.07, 6.45) is 0. The number of nitrogens with one attached hydrogen (secondary N) is 1. The van der Waals surface area contributed by atoms with Gasteiger partial charge in [-0.05, 0) is 44.5 Å². The molecule has 1 aliphatic heterocycles. The number of benzene rings is 2. The molecule has 7 heteroatoms. The first kappa shape index (κ1) is 22.7. The molecule has 2 amide bonds. The minimum Gasteiger partial charge on any atom is -0.496 e. The first-order chi connectivity index (χ1) is 14.8. The summed E-state index contributed by atoms with van der Waals surface area (Å²) in [6, 6.07) is 11.7. The number of para-hydroxylation sites is 1. The molecular formula is C24H30FN3O3. The van der Waals surface area contributed by atoms with E-state index in [9.17, 15) is 14.0 Å². The monoisotopic (exact) mass is 427 g/mol. The number of rotatable bonds is 6. The lowest BCUT2D eigenvalue weighted by atomic mass is 10.1. The number of hydrogen-bond acceptors (Lipinski definition) is 4. The van der Waals surface area contributed by atoms with Crippen LogP contribution in [0.5, 0.6) is 5.75 Å². The van der Waals surface area contributed by atoms with Crippen LogP contribution < -0.4 is 10.1 Å². The molecule has 2 aromatic rings. The summed E-state index contributed by atoms with van der Waals surface area (Å²) in [5.41, 5.74) is 1.79. The van der Waals surface area contributed by atoms with E-state index < -0.39 is 0 Å². The summed E-state index contributed by atoms with van der Waals surface area (Å²) in [4.78, 5) is 29.3.